The molecule has 1 N–H and O–H groups in total. The monoisotopic (exact) mass is 294 g/mol. The van der Waals surface area contributed by atoms with Crippen LogP contribution in [0.5, 0.6) is 0 Å². The summed E-state index contributed by atoms with van der Waals surface area (Å²) in [5.41, 5.74) is 0.429. The van der Waals surface area contributed by atoms with Gasteiger partial charge in [0.25, 0.3) is 5.91 Å². The molecule has 0 aliphatic heterocycles. The number of hydrogen-bond donors (Lipinski definition) is 1. The van der Waals surface area contributed by atoms with Gasteiger partial charge < -0.3 is 4.90 Å². The van der Waals surface area contributed by atoms with Crippen LogP contribution in [0.25, 0.3) is 0 Å². The van der Waals surface area contributed by atoms with E-state index in [2.05, 4.69) is 4.72 Å². The highest BCUT2D eigenvalue weighted by molar-refractivity contribution is 7.89. The lowest BCUT2D eigenvalue weighted by Crippen LogP contribution is -2.29. The van der Waals surface area contributed by atoms with Gasteiger partial charge in [-0.15, -0.1) is 0 Å². The zero-order valence-electron chi connectivity index (χ0n) is 11.4. The third kappa shape index (κ3) is 2.86. The fraction of sp³-hybridized carbons (Fsp3) is 0.500. The van der Waals surface area contributed by atoms with Gasteiger partial charge in [-0.1, -0.05) is 6.07 Å². The van der Waals surface area contributed by atoms with Gasteiger partial charge in [0.05, 0.1) is 4.90 Å². The summed E-state index contributed by atoms with van der Waals surface area (Å²) in [5, 5.41) is 0. The van der Waals surface area contributed by atoms with E-state index in [-0.39, 0.29) is 16.8 Å². The van der Waals surface area contributed by atoms with Crippen molar-refractivity contribution in [2.75, 3.05) is 7.05 Å². The van der Waals surface area contributed by atoms with Gasteiger partial charge in [-0.05, 0) is 43.9 Å². The molecule has 2 aliphatic carbocycles. The van der Waals surface area contributed by atoms with Crippen molar-refractivity contribution in [3.8, 4) is 0 Å². The van der Waals surface area contributed by atoms with Crippen molar-refractivity contribution >= 4 is 15.9 Å². The molecule has 1 aromatic carbocycles. The zero-order valence-corrected chi connectivity index (χ0v) is 12.2. The van der Waals surface area contributed by atoms with Gasteiger partial charge >= 0.3 is 0 Å². The molecule has 6 heteroatoms. The summed E-state index contributed by atoms with van der Waals surface area (Å²) >= 11 is 0. The summed E-state index contributed by atoms with van der Waals surface area (Å²) in [4.78, 5) is 14.1. The van der Waals surface area contributed by atoms with E-state index in [0.29, 0.717) is 11.6 Å². The fourth-order valence-corrected chi connectivity index (χ4v) is 3.47. The Kier molecular flexibility index (Phi) is 3.30. The predicted molar refractivity (Wildman–Crippen MR) is 74.9 cm³/mol. The Morgan fingerprint density at radius 1 is 1.25 bits per heavy atom. The maximum absolute atomic E-state index is 12.3. The second-order valence-corrected chi connectivity index (χ2v) is 7.28. The van der Waals surface area contributed by atoms with Crippen LogP contribution in [0.1, 0.15) is 36.0 Å². The van der Waals surface area contributed by atoms with Crippen LogP contribution in [0.4, 0.5) is 0 Å². The summed E-state index contributed by atoms with van der Waals surface area (Å²) < 4.78 is 26.9. The molecule has 2 fully saturated rings. The zero-order chi connectivity index (χ0) is 14.3. The highest BCUT2D eigenvalue weighted by atomic mass is 32.2. The van der Waals surface area contributed by atoms with Crippen LogP contribution in [0.2, 0.25) is 0 Å². The second kappa shape index (κ2) is 4.86. The van der Waals surface area contributed by atoms with Gasteiger partial charge in [0, 0.05) is 24.7 Å². The molecule has 0 unspecified atom stereocenters. The normalized spacial score (nSPS) is 18.9. The average molecular weight is 294 g/mol. The number of hydrogen-bond acceptors (Lipinski definition) is 3. The van der Waals surface area contributed by atoms with Crippen molar-refractivity contribution in [3.63, 3.8) is 0 Å². The highest BCUT2D eigenvalue weighted by Crippen LogP contribution is 2.27. The smallest absolute Gasteiger partial charge is 0.253 e. The van der Waals surface area contributed by atoms with E-state index < -0.39 is 10.0 Å². The Balaban J connectivity index is 1.83. The number of carbonyl (C=O) groups excluding carboxylic acids is 1. The van der Waals surface area contributed by atoms with Gasteiger partial charge in [0.1, 0.15) is 0 Å². The number of benzene rings is 1. The molecular formula is C14H18N2O3S. The summed E-state index contributed by atoms with van der Waals surface area (Å²) in [6.07, 6.45) is 3.84. The molecule has 0 radical (unpaired) electrons. The van der Waals surface area contributed by atoms with Gasteiger partial charge in [-0.2, -0.15) is 0 Å². The number of sulfonamides is 1. The third-order valence-corrected chi connectivity index (χ3v) is 5.22. The second-order valence-electron chi connectivity index (χ2n) is 5.57. The van der Waals surface area contributed by atoms with Crippen LogP contribution < -0.4 is 4.72 Å². The van der Waals surface area contributed by atoms with Crippen LogP contribution in [0.15, 0.2) is 29.2 Å². The summed E-state index contributed by atoms with van der Waals surface area (Å²) in [7, 11) is -1.74. The topological polar surface area (TPSA) is 66.5 Å². The van der Waals surface area contributed by atoms with E-state index >= 15 is 0 Å². The molecule has 1 aromatic rings. The molecule has 0 heterocycles. The first-order chi connectivity index (χ1) is 9.47. The van der Waals surface area contributed by atoms with Crippen molar-refractivity contribution in [1.82, 2.24) is 9.62 Å². The van der Waals surface area contributed by atoms with E-state index in [1.165, 1.54) is 12.1 Å². The van der Waals surface area contributed by atoms with E-state index in [4.69, 9.17) is 0 Å². The summed E-state index contributed by atoms with van der Waals surface area (Å²) in [6.45, 7) is 0. The van der Waals surface area contributed by atoms with Gasteiger partial charge in [-0.25, -0.2) is 13.1 Å². The van der Waals surface area contributed by atoms with Crippen molar-refractivity contribution in [1.29, 1.82) is 0 Å². The number of amides is 1. The number of rotatable bonds is 5. The molecule has 0 aromatic heterocycles. The van der Waals surface area contributed by atoms with E-state index in [1.54, 1.807) is 24.1 Å². The maximum Gasteiger partial charge on any atom is 0.253 e. The Hall–Kier alpha value is -1.40. The van der Waals surface area contributed by atoms with Crippen LogP contribution in [0, 0.1) is 0 Å². The summed E-state index contributed by atoms with van der Waals surface area (Å²) in [5.74, 6) is -0.115. The van der Waals surface area contributed by atoms with Crippen molar-refractivity contribution < 1.29 is 13.2 Å². The Morgan fingerprint density at radius 3 is 2.55 bits per heavy atom. The molecular weight excluding hydrogens is 276 g/mol. The number of nitrogens with one attached hydrogen (secondary N) is 1. The molecule has 20 heavy (non-hydrogen) atoms. The third-order valence-electron chi connectivity index (χ3n) is 3.71. The fourth-order valence-electron chi connectivity index (χ4n) is 2.12. The van der Waals surface area contributed by atoms with Crippen LogP contribution in [0.3, 0.4) is 0 Å². The molecule has 0 saturated heterocycles. The SMILES string of the molecule is CN(C(=O)c1cccc(S(=O)(=O)NC2CC2)c1)C1CC1. The van der Waals surface area contributed by atoms with Crippen LogP contribution >= 0.6 is 0 Å². The van der Waals surface area contributed by atoms with Crippen LogP contribution in [-0.2, 0) is 10.0 Å². The van der Waals surface area contributed by atoms with Gasteiger partial charge in [0.15, 0.2) is 0 Å². The van der Waals surface area contributed by atoms with Crippen molar-refractivity contribution in [2.45, 2.75) is 42.7 Å². The molecule has 0 bridgehead atoms. The Bertz CT molecular complexity index is 634. The molecule has 2 aliphatic rings. The molecule has 2 saturated carbocycles. The standard InChI is InChI=1S/C14H18N2O3S/c1-16(12-7-8-12)14(17)10-3-2-4-13(9-10)20(18,19)15-11-5-6-11/h2-4,9,11-12,15H,5-8H2,1H3. The van der Waals surface area contributed by atoms with Gasteiger partial charge in [-0.3, -0.25) is 4.79 Å². The minimum atomic E-state index is -3.50. The number of carbonyl (C=O) groups is 1. The molecule has 0 spiro atoms. The summed E-state index contributed by atoms with van der Waals surface area (Å²) in [6, 6.07) is 6.65. The molecule has 0 atom stereocenters. The highest BCUT2D eigenvalue weighted by Gasteiger charge is 2.31. The van der Waals surface area contributed by atoms with Crippen molar-refractivity contribution in [3.05, 3.63) is 29.8 Å². The average Bonchev–Trinajstić information content (AvgIpc) is 3.30. The largest absolute Gasteiger partial charge is 0.339 e. The predicted octanol–water partition coefficient (Wildman–Crippen LogP) is 1.36. The first kappa shape index (κ1) is 13.6. The van der Waals surface area contributed by atoms with E-state index in [1.807, 2.05) is 0 Å². The van der Waals surface area contributed by atoms with E-state index in [9.17, 15) is 13.2 Å². The quantitative estimate of drug-likeness (QED) is 0.891. The van der Waals surface area contributed by atoms with Crippen molar-refractivity contribution in [2.24, 2.45) is 0 Å². The maximum atomic E-state index is 12.3. The lowest BCUT2D eigenvalue weighted by molar-refractivity contribution is 0.0785. The van der Waals surface area contributed by atoms with Gasteiger partial charge in [0.2, 0.25) is 10.0 Å². The lowest BCUT2D eigenvalue weighted by atomic mass is 10.2. The molecule has 5 nitrogen and oxygen atoms in total. The molecule has 108 valence electrons. The first-order valence-electron chi connectivity index (χ1n) is 6.87. The first-order valence-corrected chi connectivity index (χ1v) is 8.35. The molecule has 3 rings (SSSR count). The Morgan fingerprint density at radius 2 is 1.95 bits per heavy atom. The number of nitrogens with zero attached hydrogens (tertiary/aromatic N) is 1. The van der Waals surface area contributed by atoms with Crippen LogP contribution in [-0.4, -0.2) is 38.4 Å². The Labute approximate surface area is 119 Å². The minimum absolute atomic E-state index is 0.0634. The minimum Gasteiger partial charge on any atom is -0.339 e. The molecule has 1 amide bonds. The lowest BCUT2D eigenvalue weighted by Gasteiger charge is -2.16. The van der Waals surface area contributed by atoms with E-state index in [0.717, 1.165) is 25.7 Å².